The Balaban J connectivity index is 1.74. The summed E-state index contributed by atoms with van der Waals surface area (Å²) < 4.78 is 0. The second-order valence-corrected chi connectivity index (χ2v) is 9.52. The van der Waals surface area contributed by atoms with Gasteiger partial charge in [-0.2, -0.15) is 0 Å². The first-order valence-electron chi connectivity index (χ1n) is 10.9. The normalized spacial score (nSPS) is 39.5. The van der Waals surface area contributed by atoms with Crippen LogP contribution in [0.5, 0.6) is 0 Å². The summed E-state index contributed by atoms with van der Waals surface area (Å²) in [6, 6.07) is 0. The molecule has 6 atom stereocenters. The zero-order valence-corrected chi connectivity index (χ0v) is 17.2. The van der Waals surface area contributed by atoms with Gasteiger partial charge >= 0.3 is 0 Å². The van der Waals surface area contributed by atoms with Gasteiger partial charge in [0.25, 0.3) is 0 Å². The van der Waals surface area contributed by atoms with Crippen molar-refractivity contribution in [3.63, 3.8) is 0 Å². The fraction of sp³-hybridized carbons (Fsp3) is 0.750. The predicted octanol–water partition coefficient (Wildman–Crippen LogP) is 4.54. The Morgan fingerprint density at radius 1 is 1.19 bits per heavy atom. The van der Waals surface area contributed by atoms with Crippen LogP contribution in [-0.2, 0) is 0 Å². The van der Waals surface area contributed by atoms with E-state index in [4.69, 9.17) is 0 Å². The van der Waals surface area contributed by atoms with E-state index in [-0.39, 0.29) is 0 Å². The maximum absolute atomic E-state index is 10.1. The minimum absolute atomic E-state index is 0.306. The number of rotatable bonds is 5. The largest absolute Gasteiger partial charge is 0.396 e. The fourth-order valence-corrected chi connectivity index (χ4v) is 6.25. The molecule has 0 radical (unpaired) electrons. The monoisotopic (exact) mass is 374 g/mol. The average molecular weight is 375 g/mol. The van der Waals surface area contributed by atoms with Crippen molar-refractivity contribution in [2.24, 2.45) is 23.2 Å². The Morgan fingerprint density at radius 2 is 1.89 bits per heavy atom. The highest BCUT2D eigenvalue weighted by atomic mass is 16.3. The lowest BCUT2D eigenvalue weighted by molar-refractivity contribution is 0.0909. The Labute approximate surface area is 164 Å². The van der Waals surface area contributed by atoms with E-state index in [1.54, 1.807) is 5.57 Å². The van der Waals surface area contributed by atoms with Gasteiger partial charge in [-0.05, 0) is 86.5 Å². The molecule has 3 heteroatoms. The number of allylic oxidation sites excluding steroid dienone is 3. The quantitative estimate of drug-likeness (QED) is 0.619. The molecule has 27 heavy (non-hydrogen) atoms. The molecule has 0 aromatic rings. The van der Waals surface area contributed by atoms with E-state index in [1.165, 1.54) is 32.1 Å². The SMILES string of the molecule is C=C1[C@H](O)CC(=C/C=C2\CCC[C@]3(C)[C@@H]([C@H](C)CCCO)CC[C@@H]23)C[C@H]1O. The van der Waals surface area contributed by atoms with Crippen molar-refractivity contribution < 1.29 is 15.3 Å². The smallest absolute Gasteiger partial charge is 0.0809 e. The van der Waals surface area contributed by atoms with Crippen molar-refractivity contribution in [2.45, 2.75) is 83.8 Å². The lowest BCUT2D eigenvalue weighted by Crippen LogP contribution is -2.36. The van der Waals surface area contributed by atoms with Gasteiger partial charge in [0.15, 0.2) is 0 Å². The molecule has 0 aliphatic heterocycles. The first-order chi connectivity index (χ1) is 12.9. The second kappa shape index (κ2) is 8.63. The van der Waals surface area contributed by atoms with Crippen LogP contribution in [0, 0.1) is 23.2 Å². The number of aliphatic hydroxyl groups excluding tert-OH is 3. The molecule has 152 valence electrons. The van der Waals surface area contributed by atoms with Gasteiger partial charge in [0.05, 0.1) is 12.2 Å². The summed E-state index contributed by atoms with van der Waals surface area (Å²) in [6.07, 6.45) is 12.8. The van der Waals surface area contributed by atoms with E-state index >= 15 is 0 Å². The summed E-state index contributed by atoms with van der Waals surface area (Å²) >= 11 is 0. The summed E-state index contributed by atoms with van der Waals surface area (Å²) in [5.74, 6) is 2.10. The van der Waals surface area contributed by atoms with Gasteiger partial charge in [-0.25, -0.2) is 0 Å². The van der Waals surface area contributed by atoms with Crippen molar-refractivity contribution in [3.8, 4) is 0 Å². The van der Waals surface area contributed by atoms with Gasteiger partial charge in [-0.1, -0.05) is 43.7 Å². The minimum Gasteiger partial charge on any atom is -0.396 e. The molecule has 0 aromatic carbocycles. The van der Waals surface area contributed by atoms with Gasteiger partial charge < -0.3 is 15.3 Å². The van der Waals surface area contributed by atoms with Crippen LogP contribution in [0.1, 0.15) is 71.6 Å². The molecule has 3 N–H and O–H groups in total. The van der Waals surface area contributed by atoms with Crippen LogP contribution in [0.25, 0.3) is 0 Å². The van der Waals surface area contributed by atoms with Crippen molar-refractivity contribution in [3.05, 3.63) is 35.5 Å². The van der Waals surface area contributed by atoms with Gasteiger partial charge in [0, 0.05) is 6.61 Å². The summed E-state index contributed by atoms with van der Waals surface area (Å²) in [5.41, 5.74) is 3.65. The highest BCUT2D eigenvalue weighted by Crippen LogP contribution is 2.59. The maximum Gasteiger partial charge on any atom is 0.0809 e. The molecule has 0 heterocycles. The van der Waals surface area contributed by atoms with Crippen LogP contribution in [-0.4, -0.2) is 34.1 Å². The van der Waals surface area contributed by atoms with Crippen LogP contribution >= 0.6 is 0 Å². The number of aliphatic hydroxyl groups is 3. The lowest BCUT2D eigenvalue weighted by atomic mass is 9.60. The minimum atomic E-state index is -0.613. The second-order valence-electron chi connectivity index (χ2n) is 9.52. The van der Waals surface area contributed by atoms with Crippen molar-refractivity contribution in [2.75, 3.05) is 6.61 Å². The molecule has 3 saturated carbocycles. The molecule has 0 saturated heterocycles. The fourth-order valence-electron chi connectivity index (χ4n) is 6.25. The molecule has 0 spiro atoms. The Hall–Kier alpha value is -0.900. The van der Waals surface area contributed by atoms with Crippen LogP contribution in [0.4, 0.5) is 0 Å². The first-order valence-corrected chi connectivity index (χ1v) is 10.9. The summed E-state index contributed by atoms with van der Waals surface area (Å²) in [6.45, 7) is 8.99. The van der Waals surface area contributed by atoms with E-state index in [1.807, 2.05) is 0 Å². The molecule has 3 aliphatic rings. The van der Waals surface area contributed by atoms with Gasteiger partial charge in [0.2, 0.25) is 0 Å². The molecule has 0 unspecified atom stereocenters. The number of hydrogen-bond donors (Lipinski definition) is 3. The van der Waals surface area contributed by atoms with Crippen molar-refractivity contribution >= 4 is 0 Å². The highest BCUT2D eigenvalue weighted by Gasteiger charge is 2.50. The zero-order valence-electron chi connectivity index (χ0n) is 17.2. The van der Waals surface area contributed by atoms with Crippen LogP contribution in [0.2, 0.25) is 0 Å². The lowest BCUT2D eigenvalue weighted by Gasteiger charge is -2.44. The zero-order chi connectivity index (χ0) is 19.6. The van der Waals surface area contributed by atoms with Gasteiger partial charge in [-0.15, -0.1) is 0 Å². The molecular weight excluding hydrogens is 336 g/mol. The topological polar surface area (TPSA) is 60.7 Å². The van der Waals surface area contributed by atoms with E-state index in [0.717, 1.165) is 24.3 Å². The molecule has 3 rings (SSSR count). The van der Waals surface area contributed by atoms with Crippen LogP contribution in [0.15, 0.2) is 35.5 Å². The molecular formula is C24H38O3. The standard InChI is InChI=1S/C24H38O3/c1-16(6-5-13-25)20-10-11-21-19(7-4-12-24(20,21)3)9-8-18-14-22(26)17(2)23(27)15-18/h8-9,16,20-23,25-27H,2,4-7,10-15H2,1,3H3/b19-9+/t16-,20-,21+,22-,23-,24-/m1/s1. The summed E-state index contributed by atoms with van der Waals surface area (Å²) in [5, 5.41) is 29.3. The van der Waals surface area contributed by atoms with E-state index in [0.29, 0.717) is 42.3 Å². The molecule has 3 fully saturated rings. The van der Waals surface area contributed by atoms with Crippen molar-refractivity contribution in [1.82, 2.24) is 0 Å². The van der Waals surface area contributed by atoms with Crippen LogP contribution < -0.4 is 0 Å². The third-order valence-electron chi connectivity index (χ3n) is 7.84. The van der Waals surface area contributed by atoms with Crippen LogP contribution in [0.3, 0.4) is 0 Å². The predicted molar refractivity (Wildman–Crippen MR) is 110 cm³/mol. The van der Waals surface area contributed by atoms with E-state index < -0.39 is 12.2 Å². The van der Waals surface area contributed by atoms with Gasteiger partial charge in [-0.3, -0.25) is 0 Å². The molecule has 0 bridgehead atoms. The number of hydrogen-bond acceptors (Lipinski definition) is 3. The summed E-state index contributed by atoms with van der Waals surface area (Å²) in [7, 11) is 0. The molecule has 3 nitrogen and oxygen atoms in total. The molecule has 0 aromatic heterocycles. The maximum atomic E-state index is 10.1. The Bertz CT molecular complexity index is 589. The van der Waals surface area contributed by atoms with E-state index in [2.05, 4.69) is 32.6 Å². The number of fused-ring (bicyclic) bond motifs is 1. The Morgan fingerprint density at radius 3 is 2.56 bits per heavy atom. The van der Waals surface area contributed by atoms with E-state index in [9.17, 15) is 15.3 Å². The average Bonchev–Trinajstić information content (AvgIpc) is 2.99. The third-order valence-corrected chi connectivity index (χ3v) is 7.84. The van der Waals surface area contributed by atoms with Crippen molar-refractivity contribution in [1.29, 1.82) is 0 Å². The van der Waals surface area contributed by atoms with Gasteiger partial charge in [0.1, 0.15) is 0 Å². The molecule has 3 aliphatic carbocycles. The first kappa shape index (κ1) is 20.8. The third kappa shape index (κ3) is 4.26. The summed E-state index contributed by atoms with van der Waals surface area (Å²) in [4.78, 5) is 0. The highest BCUT2D eigenvalue weighted by molar-refractivity contribution is 5.29. The Kier molecular flexibility index (Phi) is 6.66. The molecule has 0 amide bonds.